The highest BCUT2D eigenvalue weighted by atomic mass is 35.5. The van der Waals surface area contributed by atoms with E-state index in [-0.39, 0.29) is 19.1 Å². The number of hydrogen-bond acceptors (Lipinski definition) is 4. The van der Waals surface area contributed by atoms with E-state index in [1.165, 1.54) is 0 Å². The summed E-state index contributed by atoms with van der Waals surface area (Å²) in [5.41, 5.74) is 7.09. The van der Waals surface area contributed by atoms with E-state index in [2.05, 4.69) is 10.6 Å². The Kier molecular flexibility index (Phi) is 7.63. The number of nitrogens with one attached hydrogen (secondary N) is 2. The molecule has 0 spiro atoms. The Balaban J connectivity index is 1.71. The van der Waals surface area contributed by atoms with E-state index in [1.54, 1.807) is 30.3 Å². The van der Waals surface area contributed by atoms with Crippen LogP contribution in [0.5, 0.6) is 0 Å². The van der Waals surface area contributed by atoms with Crippen LogP contribution in [-0.2, 0) is 22.5 Å². The second kappa shape index (κ2) is 10.2. The third-order valence-electron chi connectivity index (χ3n) is 3.62. The highest BCUT2D eigenvalue weighted by Gasteiger charge is 2.10. The summed E-state index contributed by atoms with van der Waals surface area (Å²) in [6.45, 7) is 0.317. The van der Waals surface area contributed by atoms with Gasteiger partial charge in [0, 0.05) is 18.1 Å². The molecule has 0 atom stereocenters. The molecule has 3 amide bonds. The third kappa shape index (κ3) is 7.37. The number of urea groups is 1. The Hall–Kier alpha value is -3.06. The first-order valence-corrected chi connectivity index (χ1v) is 8.62. The molecule has 2 aromatic carbocycles. The molecule has 0 saturated carbocycles. The van der Waals surface area contributed by atoms with Gasteiger partial charge in [0.25, 0.3) is 5.91 Å². The van der Waals surface area contributed by atoms with Crippen LogP contribution in [0.1, 0.15) is 21.5 Å². The maximum Gasteiger partial charge on any atom is 0.338 e. The largest absolute Gasteiger partial charge is 0.452 e. The molecular weight excluding hydrogens is 370 g/mol. The van der Waals surface area contributed by atoms with Gasteiger partial charge in [0.15, 0.2) is 6.61 Å². The fraction of sp³-hybridized carbons (Fsp3) is 0.211. The Morgan fingerprint density at radius 3 is 2.41 bits per heavy atom. The van der Waals surface area contributed by atoms with Crippen molar-refractivity contribution in [1.82, 2.24) is 10.6 Å². The van der Waals surface area contributed by atoms with Crippen LogP contribution in [-0.4, -0.2) is 31.1 Å². The van der Waals surface area contributed by atoms with Crippen molar-refractivity contribution in [2.45, 2.75) is 13.0 Å². The molecule has 0 aromatic heterocycles. The Labute approximate surface area is 161 Å². The van der Waals surface area contributed by atoms with Gasteiger partial charge in [-0.05, 0) is 41.8 Å². The minimum absolute atomic E-state index is 0.264. The summed E-state index contributed by atoms with van der Waals surface area (Å²) in [5.74, 6) is -0.984. The molecule has 0 saturated heterocycles. The third-order valence-corrected chi connectivity index (χ3v) is 3.85. The first kappa shape index (κ1) is 20.3. The number of ether oxygens (including phenoxy) is 1. The predicted molar refractivity (Wildman–Crippen MR) is 101 cm³/mol. The van der Waals surface area contributed by atoms with Crippen molar-refractivity contribution in [3.63, 3.8) is 0 Å². The van der Waals surface area contributed by atoms with Gasteiger partial charge in [0.2, 0.25) is 0 Å². The number of carbonyl (C=O) groups excluding carboxylic acids is 3. The van der Waals surface area contributed by atoms with Gasteiger partial charge in [0.05, 0.1) is 5.56 Å². The number of primary amides is 1. The lowest BCUT2D eigenvalue weighted by molar-refractivity contribution is -0.124. The highest BCUT2D eigenvalue weighted by molar-refractivity contribution is 6.30. The molecular formula is C19H20ClN3O4. The van der Waals surface area contributed by atoms with Gasteiger partial charge >= 0.3 is 12.0 Å². The molecule has 0 radical (unpaired) electrons. The molecule has 0 fully saturated rings. The number of esters is 1. The lowest BCUT2D eigenvalue weighted by Crippen LogP contribution is -2.30. The summed E-state index contributed by atoms with van der Waals surface area (Å²) in [5, 5.41) is 5.77. The summed E-state index contributed by atoms with van der Waals surface area (Å²) in [7, 11) is 0. The van der Waals surface area contributed by atoms with Crippen LogP contribution in [0.25, 0.3) is 0 Å². The summed E-state index contributed by atoms with van der Waals surface area (Å²) in [4.78, 5) is 34.4. The molecule has 142 valence electrons. The van der Waals surface area contributed by atoms with E-state index < -0.39 is 12.0 Å². The number of amides is 3. The van der Waals surface area contributed by atoms with Crippen LogP contribution >= 0.6 is 11.6 Å². The second-order valence-corrected chi connectivity index (χ2v) is 6.16. The molecule has 27 heavy (non-hydrogen) atoms. The second-order valence-electron chi connectivity index (χ2n) is 5.72. The minimum atomic E-state index is -0.625. The molecule has 0 bridgehead atoms. The zero-order chi connectivity index (χ0) is 19.6. The van der Waals surface area contributed by atoms with Crippen LogP contribution in [0, 0.1) is 0 Å². The Bertz CT molecular complexity index is 809. The first-order chi connectivity index (χ1) is 12.9. The fourth-order valence-corrected chi connectivity index (χ4v) is 2.46. The molecule has 0 aliphatic heterocycles. The van der Waals surface area contributed by atoms with E-state index in [0.717, 1.165) is 11.1 Å². The zero-order valence-corrected chi connectivity index (χ0v) is 15.3. The Morgan fingerprint density at radius 2 is 1.74 bits per heavy atom. The number of rotatable bonds is 8. The molecule has 0 aliphatic carbocycles. The SMILES string of the molecule is NC(=O)NCc1ccc(C(=O)OCC(=O)NCCc2cccc(Cl)c2)cc1. The average Bonchev–Trinajstić information content (AvgIpc) is 2.65. The first-order valence-electron chi connectivity index (χ1n) is 8.24. The normalized spacial score (nSPS) is 10.1. The van der Waals surface area contributed by atoms with E-state index in [9.17, 15) is 14.4 Å². The van der Waals surface area contributed by atoms with E-state index >= 15 is 0 Å². The summed E-state index contributed by atoms with van der Waals surface area (Å²) >= 11 is 5.90. The van der Waals surface area contributed by atoms with Crippen LogP contribution in [0.2, 0.25) is 5.02 Å². The standard InChI is InChI=1S/C19H20ClN3O4/c20-16-3-1-2-13(10-16)8-9-22-17(24)12-27-18(25)15-6-4-14(5-7-15)11-23-19(21)26/h1-7,10H,8-9,11-12H2,(H,22,24)(H3,21,23,26). The maximum atomic E-state index is 12.0. The van der Waals surface area contributed by atoms with Gasteiger partial charge in [-0.25, -0.2) is 9.59 Å². The smallest absolute Gasteiger partial charge is 0.338 e. The molecule has 0 unspecified atom stereocenters. The quantitative estimate of drug-likeness (QED) is 0.600. The van der Waals surface area contributed by atoms with Crippen molar-refractivity contribution in [3.8, 4) is 0 Å². The van der Waals surface area contributed by atoms with Crippen molar-refractivity contribution in [3.05, 3.63) is 70.2 Å². The summed E-state index contributed by atoms with van der Waals surface area (Å²) < 4.78 is 4.99. The van der Waals surface area contributed by atoms with Crippen molar-refractivity contribution in [1.29, 1.82) is 0 Å². The van der Waals surface area contributed by atoms with Crippen LogP contribution in [0.15, 0.2) is 48.5 Å². The van der Waals surface area contributed by atoms with Gasteiger partial charge in [-0.3, -0.25) is 4.79 Å². The average molecular weight is 390 g/mol. The summed E-state index contributed by atoms with van der Waals surface area (Å²) in [6, 6.07) is 13.2. The van der Waals surface area contributed by atoms with Crippen LogP contribution in [0.3, 0.4) is 0 Å². The molecule has 2 rings (SSSR count). The molecule has 0 heterocycles. The van der Waals surface area contributed by atoms with Gasteiger partial charge in [-0.2, -0.15) is 0 Å². The number of hydrogen-bond donors (Lipinski definition) is 3. The topological polar surface area (TPSA) is 111 Å². The van der Waals surface area contributed by atoms with E-state index in [0.29, 0.717) is 23.6 Å². The lowest BCUT2D eigenvalue weighted by atomic mass is 10.1. The van der Waals surface area contributed by atoms with E-state index in [4.69, 9.17) is 22.1 Å². The number of carbonyl (C=O) groups is 3. The van der Waals surface area contributed by atoms with E-state index in [1.807, 2.05) is 18.2 Å². The minimum Gasteiger partial charge on any atom is -0.452 e. The fourth-order valence-electron chi connectivity index (χ4n) is 2.25. The monoisotopic (exact) mass is 389 g/mol. The highest BCUT2D eigenvalue weighted by Crippen LogP contribution is 2.10. The number of benzene rings is 2. The predicted octanol–water partition coefficient (Wildman–Crippen LogP) is 2.02. The van der Waals surface area contributed by atoms with Gasteiger partial charge in [0.1, 0.15) is 0 Å². The van der Waals surface area contributed by atoms with Crippen molar-refractivity contribution in [2.75, 3.05) is 13.2 Å². The van der Waals surface area contributed by atoms with Crippen molar-refractivity contribution >= 4 is 29.5 Å². The summed E-state index contributed by atoms with van der Waals surface area (Å²) in [6.07, 6.45) is 0.626. The van der Waals surface area contributed by atoms with Crippen molar-refractivity contribution in [2.24, 2.45) is 5.73 Å². The molecule has 4 N–H and O–H groups in total. The van der Waals surface area contributed by atoms with Crippen LogP contribution in [0.4, 0.5) is 4.79 Å². The van der Waals surface area contributed by atoms with Gasteiger partial charge in [-0.1, -0.05) is 35.9 Å². The molecule has 8 heteroatoms. The molecule has 2 aromatic rings. The lowest BCUT2D eigenvalue weighted by Gasteiger charge is -2.08. The molecule has 7 nitrogen and oxygen atoms in total. The number of halogens is 1. The van der Waals surface area contributed by atoms with Crippen LogP contribution < -0.4 is 16.4 Å². The maximum absolute atomic E-state index is 12.0. The van der Waals surface area contributed by atoms with Gasteiger partial charge in [-0.15, -0.1) is 0 Å². The van der Waals surface area contributed by atoms with Gasteiger partial charge < -0.3 is 21.1 Å². The Morgan fingerprint density at radius 1 is 1.00 bits per heavy atom. The molecule has 0 aliphatic rings. The number of nitrogens with two attached hydrogens (primary N) is 1. The van der Waals surface area contributed by atoms with Crippen molar-refractivity contribution < 1.29 is 19.1 Å². The zero-order valence-electron chi connectivity index (χ0n) is 14.5.